The van der Waals surface area contributed by atoms with Gasteiger partial charge >= 0.3 is 0 Å². The van der Waals surface area contributed by atoms with Crippen molar-refractivity contribution in [2.75, 3.05) is 0 Å². The highest BCUT2D eigenvalue weighted by Crippen LogP contribution is 2.29. The van der Waals surface area contributed by atoms with Crippen molar-refractivity contribution in [3.8, 4) is 0 Å². The lowest BCUT2D eigenvalue weighted by Gasteiger charge is -2.18. The summed E-state index contributed by atoms with van der Waals surface area (Å²) in [7, 11) is 0. The van der Waals surface area contributed by atoms with Crippen LogP contribution in [0.2, 0.25) is 5.02 Å². The normalized spacial score (nSPS) is 12.1. The van der Waals surface area contributed by atoms with E-state index in [2.05, 4.69) is 10.3 Å². The van der Waals surface area contributed by atoms with Crippen LogP contribution in [0.15, 0.2) is 77.3 Å². The first-order chi connectivity index (χ1) is 13.1. The number of fused-ring (bicyclic) bond motifs is 1. The number of nitrogens with one attached hydrogen (secondary N) is 1. The number of rotatable bonds is 4. The second kappa shape index (κ2) is 7.25. The zero-order valence-corrected chi connectivity index (χ0v) is 15.4. The summed E-state index contributed by atoms with van der Waals surface area (Å²) in [4.78, 5) is 17.4. The molecule has 0 radical (unpaired) electrons. The van der Waals surface area contributed by atoms with E-state index in [0.717, 1.165) is 22.2 Å². The van der Waals surface area contributed by atoms with Crippen LogP contribution in [0.1, 0.15) is 33.4 Å². The van der Waals surface area contributed by atoms with Gasteiger partial charge in [0.15, 0.2) is 5.76 Å². The van der Waals surface area contributed by atoms with E-state index in [4.69, 9.17) is 16.0 Å². The van der Waals surface area contributed by atoms with Gasteiger partial charge in [-0.05, 0) is 42.8 Å². The number of aromatic nitrogens is 1. The molecule has 0 aliphatic rings. The molecule has 4 rings (SSSR count). The number of furan rings is 1. The van der Waals surface area contributed by atoms with Gasteiger partial charge in [0.05, 0.1) is 11.7 Å². The Morgan fingerprint density at radius 3 is 2.59 bits per heavy atom. The summed E-state index contributed by atoms with van der Waals surface area (Å²) >= 11 is 6.07. The molecule has 4 nitrogen and oxygen atoms in total. The van der Waals surface area contributed by atoms with E-state index in [1.54, 1.807) is 24.4 Å². The van der Waals surface area contributed by atoms with E-state index >= 15 is 0 Å². The predicted octanol–water partition coefficient (Wildman–Crippen LogP) is 5.31. The fourth-order valence-electron chi connectivity index (χ4n) is 3.13. The van der Waals surface area contributed by atoms with Gasteiger partial charge in [0.2, 0.25) is 0 Å². The molecule has 0 aliphatic heterocycles. The molecule has 2 heterocycles. The highest BCUT2D eigenvalue weighted by molar-refractivity contribution is 6.31. The molecule has 5 heteroatoms. The van der Waals surface area contributed by atoms with Crippen LogP contribution in [-0.4, -0.2) is 10.9 Å². The standard InChI is InChI=1S/C22H17ClN2O2/c1-14-17-13-16(23)10-11-19(17)27-21(14)22(26)25-20(15-7-3-2-4-8-15)18-9-5-6-12-24-18/h2-13,20H,1H3,(H,25,26). The van der Waals surface area contributed by atoms with Crippen molar-refractivity contribution < 1.29 is 9.21 Å². The molecule has 134 valence electrons. The third-order valence-corrected chi connectivity index (χ3v) is 4.73. The van der Waals surface area contributed by atoms with Crippen molar-refractivity contribution in [3.63, 3.8) is 0 Å². The first-order valence-corrected chi connectivity index (χ1v) is 8.96. The predicted molar refractivity (Wildman–Crippen MR) is 106 cm³/mol. The Balaban J connectivity index is 1.71. The molecular formula is C22H17ClN2O2. The Bertz CT molecular complexity index is 1050. The van der Waals surface area contributed by atoms with E-state index in [1.165, 1.54) is 0 Å². The number of aryl methyl sites for hydroxylation is 1. The second-order valence-electron chi connectivity index (χ2n) is 6.27. The number of benzene rings is 2. The molecule has 0 spiro atoms. The van der Waals surface area contributed by atoms with Crippen LogP contribution < -0.4 is 5.32 Å². The van der Waals surface area contributed by atoms with E-state index in [-0.39, 0.29) is 17.7 Å². The molecule has 0 fully saturated rings. The highest BCUT2D eigenvalue weighted by Gasteiger charge is 2.23. The number of halogens is 1. The summed E-state index contributed by atoms with van der Waals surface area (Å²) in [6, 6.07) is 20.3. The minimum Gasteiger partial charge on any atom is -0.451 e. The van der Waals surface area contributed by atoms with Gasteiger partial charge in [-0.15, -0.1) is 0 Å². The van der Waals surface area contributed by atoms with Gasteiger partial charge in [0, 0.05) is 22.2 Å². The fourth-order valence-corrected chi connectivity index (χ4v) is 3.30. The quantitative estimate of drug-likeness (QED) is 0.525. The molecule has 1 unspecified atom stereocenters. The maximum absolute atomic E-state index is 13.0. The summed E-state index contributed by atoms with van der Waals surface area (Å²) in [6.45, 7) is 1.86. The van der Waals surface area contributed by atoms with Gasteiger partial charge in [-0.1, -0.05) is 48.0 Å². The molecule has 0 saturated heterocycles. The number of hydrogen-bond donors (Lipinski definition) is 1. The Kier molecular flexibility index (Phi) is 4.65. The number of carbonyl (C=O) groups excluding carboxylic acids is 1. The molecular weight excluding hydrogens is 360 g/mol. The lowest BCUT2D eigenvalue weighted by molar-refractivity contribution is 0.0915. The van der Waals surface area contributed by atoms with E-state index in [1.807, 2.05) is 55.5 Å². The summed E-state index contributed by atoms with van der Waals surface area (Å²) in [6.07, 6.45) is 1.71. The topological polar surface area (TPSA) is 55.1 Å². The monoisotopic (exact) mass is 376 g/mol. The van der Waals surface area contributed by atoms with Crippen molar-refractivity contribution in [2.24, 2.45) is 0 Å². The molecule has 4 aromatic rings. The SMILES string of the molecule is Cc1c(C(=O)NC(c2ccccc2)c2ccccn2)oc2ccc(Cl)cc12. The Hall–Kier alpha value is -3.11. The van der Waals surface area contributed by atoms with Crippen molar-refractivity contribution in [3.05, 3.63) is 101 Å². The van der Waals surface area contributed by atoms with E-state index in [0.29, 0.717) is 10.6 Å². The van der Waals surface area contributed by atoms with Gasteiger partial charge in [-0.2, -0.15) is 0 Å². The minimum atomic E-state index is -0.379. The summed E-state index contributed by atoms with van der Waals surface area (Å²) < 4.78 is 5.80. The molecule has 2 aromatic heterocycles. The Labute approximate surface area is 161 Å². The molecule has 0 bridgehead atoms. The molecule has 1 amide bonds. The molecule has 1 N–H and O–H groups in total. The summed E-state index contributed by atoms with van der Waals surface area (Å²) in [5.74, 6) is -0.0107. The van der Waals surface area contributed by atoms with Crippen LogP contribution in [0.25, 0.3) is 11.0 Å². The van der Waals surface area contributed by atoms with Gasteiger partial charge < -0.3 is 9.73 Å². The van der Waals surface area contributed by atoms with Crippen LogP contribution in [0.4, 0.5) is 0 Å². The molecule has 0 aliphatic carbocycles. The molecule has 0 saturated carbocycles. The average Bonchev–Trinajstić information content (AvgIpc) is 3.03. The first kappa shape index (κ1) is 17.3. The lowest BCUT2D eigenvalue weighted by atomic mass is 10.0. The number of pyridine rings is 1. The van der Waals surface area contributed by atoms with E-state index < -0.39 is 0 Å². The van der Waals surface area contributed by atoms with Crippen LogP contribution in [0.5, 0.6) is 0 Å². The average molecular weight is 377 g/mol. The third kappa shape index (κ3) is 3.44. The zero-order valence-electron chi connectivity index (χ0n) is 14.6. The smallest absolute Gasteiger partial charge is 0.288 e. The molecule has 2 aromatic carbocycles. The maximum Gasteiger partial charge on any atom is 0.288 e. The number of amides is 1. The van der Waals surface area contributed by atoms with Crippen molar-refractivity contribution in [1.29, 1.82) is 0 Å². The van der Waals surface area contributed by atoms with Crippen LogP contribution >= 0.6 is 11.6 Å². The number of hydrogen-bond acceptors (Lipinski definition) is 3. The van der Waals surface area contributed by atoms with Crippen LogP contribution in [0, 0.1) is 6.92 Å². The fraction of sp³-hybridized carbons (Fsp3) is 0.0909. The van der Waals surface area contributed by atoms with Gasteiger partial charge in [-0.3, -0.25) is 9.78 Å². The van der Waals surface area contributed by atoms with Crippen molar-refractivity contribution >= 4 is 28.5 Å². The summed E-state index contributed by atoms with van der Waals surface area (Å²) in [5, 5.41) is 4.49. The van der Waals surface area contributed by atoms with Crippen LogP contribution in [0.3, 0.4) is 0 Å². The number of carbonyl (C=O) groups is 1. The van der Waals surface area contributed by atoms with Crippen molar-refractivity contribution in [1.82, 2.24) is 10.3 Å². The van der Waals surface area contributed by atoms with Gasteiger partial charge in [-0.25, -0.2) is 0 Å². The minimum absolute atomic E-state index is 0.282. The Morgan fingerprint density at radius 1 is 1.07 bits per heavy atom. The maximum atomic E-state index is 13.0. The molecule has 27 heavy (non-hydrogen) atoms. The third-order valence-electron chi connectivity index (χ3n) is 4.50. The highest BCUT2D eigenvalue weighted by atomic mass is 35.5. The van der Waals surface area contributed by atoms with Gasteiger partial charge in [0.1, 0.15) is 5.58 Å². The molecule has 1 atom stereocenters. The van der Waals surface area contributed by atoms with Crippen LogP contribution in [-0.2, 0) is 0 Å². The van der Waals surface area contributed by atoms with Gasteiger partial charge in [0.25, 0.3) is 5.91 Å². The summed E-state index contributed by atoms with van der Waals surface area (Å²) in [5.41, 5.74) is 3.10. The zero-order chi connectivity index (χ0) is 18.8. The van der Waals surface area contributed by atoms with Crippen molar-refractivity contribution in [2.45, 2.75) is 13.0 Å². The lowest BCUT2D eigenvalue weighted by Crippen LogP contribution is -2.30. The number of nitrogens with zero attached hydrogens (tertiary/aromatic N) is 1. The van der Waals surface area contributed by atoms with E-state index in [9.17, 15) is 4.79 Å². The first-order valence-electron chi connectivity index (χ1n) is 8.59. The second-order valence-corrected chi connectivity index (χ2v) is 6.70. The Morgan fingerprint density at radius 2 is 1.85 bits per heavy atom. The largest absolute Gasteiger partial charge is 0.451 e.